The molecule has 5 nitrogen and oxygen atoms in total. The van der Waals surface area contributed by atoms with Crippen LogP contribution in [0.4, 0.5) is 0 Å². The van der Waals surface area contributed by atoms with E-state index in [1.54, 1.807) is 17.4 Å². The molecule has 0 radical (unpaired) electrons. The average Bonchev–Trinajstić information content (AvgIpc) is 3.38. The first kappa shape index (κ1) is 24.7. The Morgan fingerprint density at radius 3 is 2.56 bits per heavy atom. The lowest BCUT2D eigenvalue weighted by Gasteiger charge is -2.46. The van der Waals surface area contributed by atoms with Crippen LogP contribution in [-0.2, 0) is 12.1 Å². The van der Waals surface area contributed by atoms with E-state index < -0.39 is 0 Å². The number of likely N-dealkylation sites (tertiary alicyclic amines) is 1. The van der Waals surface area contributed by atoms with E-state index in [0.29, 0.717) is 5.75 Å². The Kier molecular flexibility index (Phi) is 8.27. The van der Waals surface area contributed by atoms with Gasteiger partial charge in [0.25, 0.3) is 0 Å². The number of piperidine rings is 1. The first-order valence-electron chi connectivity index (χ1n) is 12.1. The molecule has 2 aromatic carbocycles. The smallest absolute Gasteiger partial charge is 0.134 e. The molecule has 0 spiro atoms. The Morgan fingerprint density at radius 1 is 1.09 bits per heavy atom. The summed E-state index contributed by atoms with van der Waals surface area (Å²) >= 11 is 1.76. The Bertz CT molecular complexity index is 1030. The summed E-state index contributed by atoms with van der Waals surface area (Å²) in [4.78, 5) is 6.12. The van der Waals surface area contributed by atoms with Gasteiger partial charge in [0, 0.05) is 42.0 Å². The standard InChI is InChI=1S/C28H37N3O2S/c1-29-16-13-26(27-12-7-19-34-27)33-25-11-5-4-8-22(25)21-31-17-14-28(15-18-31,30(2)3)23-9-6-10-24(32)20-23/h4-12,19-20,26,29,32H,13-18,21H2,1-3H3. The molecule has 0 aliphatic carbocycles. The fourth-order valence-electron chi connectivity index (χ4n) is 5.02. The van der Waals surface area contributed by atoms with Crippen molar-refractivity contribution in [1.29, 1.82) is 0 Å². The predicted molar refractivity (Wildman–Crippen MR) is 141 cm³/mol. The summed E-state index contributed by atoms with van der Waals surface area (Å²) in [7, 11) is 6.29. The average molecular weight is 480 g/mol. The Balaban J connectivity index is 1.46. The number of phenolic OH excluding ortho intramolecular Hbond substituents is 1. The van der Waals surface area contributed by atoms with Gasteiger partial charge < -0.3 is 15.2 Å². The van der Waals surface area contributed by atoms with Gasteiger partial charge >= 0.3 is 0 Å². The fraction of sp³-hybridized carbons (Fsp3) is 0.429. The monoisotopic (exact) mass is 479 g/mol. The lowest BCUT2D eigenvalue weighted by Crippen LogP contribution is -2.50. The number of nitrogens with zero attached hydrogens (tertiary/aromatic N) is 2. The van der Waals surface area contributed by atoms with Gasteiger partial charge in [0.05, 0.1) is 0 Å². The maximum Gasteiger partial charge on any atom is 0.134 e. The number of para-hydroxylation sites is 1. The number of benzene rings is 2. The molecule has 2 N–H and O–H groups in total. The van der Waals surface area contributed by atoms with E-state index in [-0.39, 0.29) is 11.6 Å². The summed E-state index contributed by atoms with van der Waals surface area (Å²) in [5, 5.41) is 15.4. The van der Waals surface area contributed by atoms with Gasteiger partial charge in [0.1, 0.15) is 17.6 Å². The van der Waals surface area contributed by atoms with Crippen LogP contribution < -0.4 is 10.1 Å². The van der Waals surface area contributed by atoms with Crippen molar-refractivity contribution in [2.45, 2.75) is 37.5 Å². The molecule has 1 aromatic heterocycles. The van der Waals surface area contributed by atoms with Crippen LogP contribution in [0.25, 0.3) is 0 Å². The summed E-state index contributed by atoms with van der Waals surface area (Å²) in [5.74, 6) is 1.32. The molecule has 0 amide bonds. The van der Waals surface area contributed by atoms with Crippen LogP contribution in [0.1, 0.15) is 41.4 Å². The highest BCUT2D eigenvalue weighted by Gasteiger charge is 2.38. The lowest BCUT2D eigenvalue weighted by molar-refractivity contribution is 0.0499. The van der Waals surface area contributed by atoms with Crippen LogP contribution in [0.5, 0.6) is 11.5 Å². The third-order valence-corrected chi connectivity index (χ3v) is 8.04. The molecule has 1 saturated heterocycles. The van der Waals surface area contributed by atoms with Crippen molar-refractivity contribution in [3.05, 3.63) is 82.0 Å². The topological polar surface area (TPSA) is 48.0 Å². The largest absolute Gasteiger partial charge is 0.508 e. The molecule has 34 heavy (non-hydrogen) atoms. The number of hydrogen-bond donors (Lipinski definition) is 2. The second kappa shape index (κ2) is 11.4. The predicted octanol–water partition coefficient (Wildman–Crippen LogP) is 5.24. The maximum atomic E-state index is 10.1. The van der Waals surface area contributed by atoms with Crippen molar-refractivity contribution in [2.75, 3.05) is 40.8 Å². The van der Waals surface area contributed by atoms with Crippen molar-refractivity contribution < 1.29 is 9.84 Å². The summed E-state index contributed by atoms with van der Waals surface area (Å²) in [6.07, 6.45) is 3.03. The molecule has 3 aromatic rings. The summed E-state index contributed by atoms with van der Waals surface area (Å²) < 4.78 is 6.60. The van der Waals surface area contributed by atoms with Crippen molar-refractivity contribution in [1.82, 2.24) is 15.1 Å². The Labute approximate surface area is 208 Å². The highest BCUT2D eigenvalue weighted by molar-refractivity contribution is 7.10. The third-order valence-electron chi connectivity index (χ3n) is 7.08. The zero-order valence-electron chi connectivity index (χ0n) is 20.5. The quantitative estimate of drug-likeness (QED) is 0.417. The lowest BCUT2D eigenvalue weighted by atomic mass is 9.79. The van der Waals surface area contributed by atoms with E-state index in [1.165, 1.54) is 16.0 Å². The summed E-state index contributed by atoms with van der Waals surface area (Å²) in [5.41, 5.74) is 2.38. The number of aromatic hydroxyl groups is 1. The van der Waals surface area contributed by atoms with E-state index in [0.717, 1.165) is 51.2 Å². The molecule has 0 bridgehead atoms. The van der Waals surface area contributed by atoms with Crippen molar-refractivity contribution in [2.24, 2.45) is 0 Å². The molecular weight excluding hydrogens is 442 g/mol. The molecule has 2 heterocycles. The normalized spacial score (nSPS) is 17.1. The minimum atomic E-state index is -0.0529. The van der Waals surface area contributed by atoms with Gasteiger partial charge in [-0.3, -0.25) is 9.80 Å². The number of phenols is 1. The zero-order valence-corrected chi connectivity index (χ0v) is 21.4. The van der Waals surface area contributed by atoms with Gasteiger partial charge in [-0.05, 0) is 75.7 Å². The molecule has 6 heteroatoms. The SMILES string of the molecule is CNCCC(Oc1ccccc1CN1CCC(c2cccc(O)c2)(N(C)C)CC1)c1cccs1. The highest BCUT2D eigenvalue weighted by atomic mass is 32.1. The minimum Gasteiger partial charge on any atom is -0.508 e. The number of hydrogen-bond acceptors (Lipinski definition) is 6. The maximum absolute atomic E-state index is 10.1. The molecule has 4 rings (SSSR count). The van der Waals surface area contributed by atoms with Gasteiger partial charge in [0.15, 0.2) is 0 Å². The summed E-state index contributed by atoms with van der Waals surface area (Å²) in [6.45, 7) is 3.79. The van der Waals surface area contributed by atoms with Crippen LogP contribution in [-0.4, -0.2) is 55.7 Å². The second-order valence-electron chi connectivity index (χ2n) is 9.37. The minimum absolute atomic E-state index is 0.0529. The molecule has 182 valence electrons. The number of thiophene rings is 1. The van der Waals surface area contributed by atoms with E-state index in [2.05, 4.69) is 77.1 Å². The molecule has 0 saturated carbocycles. The highest BCUT2D eigenvalue weighted by Crippen LogP contribution is 2.39. The van der Waals surface area contributed by atoms with Crippen LogP contribution in [0, 0.1) is 0 Å². The molecule has 1 aliphatic rings. The first-order chi connectivity index (χ1) is 16.5. The van der Waals surface area contributed by atoms with Gasteiger partial charge in [-0.25, -0.2) is 0 Å². The summed E-state index contributed by atoms with van der Waals surface area (Å²) in [6, 6.07) is 20.5. The Morgan fingerprint density at radius 2 is 1.88 bits per heavy atom. The third kappa shape index (κ3) is 5.63. The van der Waals surface area contributed by atoms with Gasteiger partial charge in [-0.2, -0.15) is 0 Å². The molecular formula is C28H37N3O2S. The van der Waals surface area contributed by atoms with Gasteiger partial charge in [0.2, 0.25) is 0 Å². The van der Waals surface area contributed by atoms with Crippen LogP contribution in [0.2, 0.25) is 0 Å². The number of nitrogens with one attached hydrogen (secondary N) is 1. The van der Waals surface area contributed by atoms with Crippen molar-refractivity contribution >= 4 is 11.3 Å². The molecule has 1 atom stereocenters. The molecule has 1 fully saturated rings. The van der Waals surface area contributed by atoms with Crippen LogP contribution in [0.3, 0.4) is 0 Å². The molecule has 1 aliphatic heterocycles. The second-order valence-corrected chi connectivity index (χ2v) is 10.4. The van der Waals surface area contributed by atoms with Crippen LogP contribution in [0.15, 0.2) is 66.0 Å². The van der Waals surface area contributed by atoms with Crippen molar-refractivity contribution in [3.63, 3.8) is 0 Å². The van der Waals surface area contributed by atoms with Crippen LogP contribution >= 0.6 is 11.3 Å². The first-order valence-corrected chi connectivity index (χ1v) is 13.0. The van der Waals surface area contributed by atoms with Crippen molar-refractivity contribution in [3.8, 4) is 11.5 Å². The zero-order chi connectivity index (χ0) is 24.0. The Hall–Kier alpha value is -2.38. The van der Waals surface area contributed by atoms with E-state index in [1.807, 2.05) is 19.2 Å². The van der Waals surface area contributed by atoms with E-state index >= 15 is 0 Å². The number of ether oxygens (including phenoxy) is 1. The molecule has 1 unspecified atom stereocenters. The van der Waals surface area contributed by atoms with E-state index in [9.17, 15) is 5.11 Å². The van der Waals surface area contributed by atoms with Gasteiger partial charge in [-0.15, -0.1) is 11.3 Å². The number of rotatable bonds is 10. The van der Waals surface area contributed by atoms with E-state index in [4.69, 9.17) is 4.74 Å². The van der Waals surface area contributed by atoms with Gasteiger partial charge in [-0.1, -0.05) is 36.4 Å². The fourth-order valence-corrected chi connectivity index (χ4v) is 5.81.